The Hall–Kier alpha value is -2.61. The standard InChI is InChI=1S/C19H20NO6/c1-11-17(21)12(2)19(24-3)26-18(11)16-9-14(10-25-16)8-13-4-6-15(7-5-13)20(22)23/h4-8,16,22H,9-10H2,1-3H3/q-1/t16-/m1/s1. The third kappa shape index (κ3) is 3.50. The summed E-state index contributed by atoms with van der Waals surface area (Å²) in [5.74, 6) is 0.692. The van der Waals surface area contributed by atoms with Gasteiger partial charge in [-0.25, -0.2) is 0 Å². The molecule has 0 unspecified atom stereocenters. The molecule has 1 N–H and O–H groups in total. The maximum atomic E-state index is 12.3. The monoisotopic (exact) mass is 358 g/mol. The predicted octanol–water partition coefficient (Wildman–Crippen LogP) is 3.50. The lowest BCUT2D eigenvalue weighted by atomic mass is 10.0. The fourth-order valence-electron chi connectivity index (χ4n) is 3.01. The second kappa shape index (κ2) is 7.33. The van der Waals surface area contributed by atoms with Gasteiger partial charge in [-0.1, -0.05) is 18.2 Å². The van der Waals surface area contributed by atoms with Crippen molar-refractivity contribution >= 4 is 11.8 Å². The largest absolute Gasteiger partial charge is 0.733 e. The van der Waals surface area contributed by atoms with E-state index in [-0.39, 0.29) is 28.4 Å². The van der Waals surface area contributed by atoms with E-state index in [0.29, 0.717) is 29.9 Å². The highest BCUT2D eigenvalue weighted by Gasteiger charge is 2.28. The molecule has 1 atom stereocenters. The van der Waals surface area contributed by atoms with Gasteiger partial charge >= 0.3 is 0 Å². The zero-order valence-corrected chi connectivity index (χ0v) is 14.8. The average Bonchev–Trinajstić information content (AvgIpc) is 3.08. The third-order valence-corrected chi connectivity index (χ3v) is 4.44. The summed E-state index contributed by atoms with van der Waals surface area (Å²) in [4.78, 5) is 12.3. The Balaban J connectivity index is 1.82. The molecule has 0 saturated carbocycles. The molecule has 2 heterocycles. The van der Waals surface area contributed by atoms with Crippen LogP contribution in [0.25, 0.3) is 6.08 Å². The van der Waals surface area contributed by atoms with Gasteiger partial charge in [-0.15, -0.1) is 0 Å². The van der Waals surface area contributed by atoms with Crippen molar-refractivity contribution in [3.05, 3.63) is 67.7 Å². The van der Waals surface area contributed by atoms with Crippen LogP contribution in [0.5, 0.6) is 5.95 Å². The maximum Gasteiger partial charge on any atom is 0.291 e. The van der Waals surface area contributed by atoms with Crippen molar-refractivity contribution in [1.82, 2.24) is 0 Å². The highest BCUT2D eigenvalue weighted by atomic mass is 16.8. The van der Waals surface area contributed by atoms with E-state index in [1.54, 1.807) is 26.0 Å². The van der Waals surface area contributed by atoms with Crippen LogP contribution in [0.15, 0.2) is 39.1 Å². The molecule has 138 valence electrons. The first-order valence-electron chi connectivity index (χ1n) is 8.16. The molecule has 1 saturated heterocycles. The highest BCUT2D eigenvalue weighted by molar-refractivity contribution is 5.58. The van der Waals surface area contributed by atoms with Crippen LogP contribution in [0.3, 0.4) is 0 Å². The number of hydrogen-bond donors (Lipinski definition) is 1. The molecule has 1 aromatic carbocycles. The van der Waals surface area contributed by atoms with E-state index in [9.17, 15) is 10.0 Å². The van der Waals surface area contributed by atoms with Crippen LogP contribution in [0, 0.1) is 19.1 Å². The van der Waals surface area contributed by atoms with Crippen LogP contribution in [0.2, 0.25) is 0 Å². The highest BCUT2D eigenvalue weighted by Crippen LogP contribution is 2.36. The van der Waals surface area contributed by atoms with Crippen LogP contribution < -0.4 is 15.4 Å². The number of hydrogen-bond acceptors (Lipinski definition) is 7. The van der Waals surface area contributed by atoms with Gasteiger partial charge in [0.1, 0.15) is 11.9 Å². The van der Waals surface area contributed by atoms with Crippen molar-refractivity contribution in [3.8, 4) is 5.95 Å². The van der Waals surface area contributed by atoms with E-state index >= 15 is 0 Å². The summed E-state index contributed by atoms with van der Waals surface area (Å²) in [6.45, 7) is 3.81. The first-order chi connectivity index (χ1) is 12.4. The van der Waals surface area contributed by atoms with E-state index in [1.807, 2.05) is 6.08 Å². The van der Waals surface area contributed by atoms with Crippen LogP contribution in [0.1, 0.15) is 35.0 Å². The molecule has 1 fully saturated rings. The summed E-state index contributed by atoms with van der Waals surface area (Å²) in [6.07, 6.45) is 2.19. The molecule has 26 heavy (non-hydrogen) atoms. The molecule has 0 spiro atoms. The number of nitrogens with zero attached hydrogens (tertiary/aromatic N) is 1. The van der Waals surface area contributed by atoms with E-state index in [2.05, 4.69) is 0 Å². The van der Waals surface area contributed by atoms with Gasteiger partial charge in [0.15, 0.2) is 5.43 Å². The molecule has 0 aliphatic carbocycles. The lowest BCUT2D eigenvalue weighted by Crippen LogP contribution is -2.15. The van der Waals surface area contributed by atoms with Crippen molar-refractivity contribution in [2.45, 2.75) is 26.4 Å². The Morgan fingerprint density at radius 2 is 1.96 bits per heavy atom. The fraction of sp³-hybridized carbons (Fsp3) is 0.316. The van der Waals surface area contributed by atoms with Gasteiger partial charge in [-0.05, 0) is 37.1 Å². The molecule has 0 radical (unpaired) electrons. The topological polar surface area (TPSA) is 95.2 Å². The van der Waals surface area contributed by atoms with Gasteiger partial charge in [0.2, 0.25) is 0 Å². The first-order valence-corrected chi connectivity index (χ1v) is 8.16. The van der Waals surface area contributed by atoms with Gasteiger partial charge < -0.3 is 24.3 Å². The third-order valence-electron chi connectivity index (χ3n) is 4.44. The minimum atomic E-state index is -0.350. The van der Waals surface area contributed by atoms with E-state index in [0.717, 1.165) is 11.1 Å². The maximum absolute atomic E-state index is 12.3. The molecule has 0 bridgehead atoms. The van der Waals surface area contributed by atoms with Gasteiger partial charge in [0.05, 0.1) is 25.0 Å². The zero-order chi connectivity index (χ0) is 18.8. The van der Waals surface area contributed by atoms with Gasteiger partial charge in [-0.3, -0.25) is 10.0 Å². The smallest absolute Gasteiger partial charge is 0.291 e. The Morgan fingerprint density at radius 3 is 2.58 bits per heavy atom. The van der Waals surface area contributed by atoms with E-state index in [1.165, 1.54) is 19.2 Å². The minimum absolute atomic E-state index is 0.106. The van der Waals surface area contributed by atoms with E-state index in [4.69, 9.17) is 19.1 Å². The SMILES string of the molecule is COc1oc([C@H]2CC(=Cc3ccc(N([O-])O)cc3)CO2)c(C)c(=O)c1C. The van der Waals surface area contributed by atoms with Gasteiger partial charge in [0.25, 0.3) is 5.95 Å². The zero-order valence-electron chi connectivity index (χ0n) is 14.8. The molecule has 1 aliphatic heterocycles. The summed E-state index contributed by atoms with van der Waals surface area (Å²) in [5.41, 5.74) is 2.95. The van der Waals surface area contributed by atoms with Crippen molar-refractivity contribution in [1.29, 1.82) is 0 Å². The molecule has 7 nitrogen and oxygen atoms in total. The Labute approximate surface area is 150 Å². The summed E-state index contributed by atoms with van der Waals surface area (Å²) in [7, 11) is 1.46. The number of ether oxygens (including phenoxy) is 2. The molecule has 1 aromatic heterocycles. The average molecular weight is 358 g/mol. The lowest BCUT2D eigenvalue weighted by Gasteiger charge is -2.21. The number of methoxy groups -OCH3 is 1. The van der Waals surface area contributed by atoms with Crippen LogP contribution in [-0.2, 0) is 4.74 Å². The molecular formula is C19H20NO6-. The Bertz CT molecular complexity index is 882. The molecule has 7 heteroatoms. The van der Waals surface area contributed by atoms with Crippen molar-refractivity contribution in [2.75, 3.05) is 18.9 Å². The molecular weight excluding hydrogens is 338 g/mol. The Morgan fingerprint density at radius 1 is 1.27 bits per heavy atom. The molecule has 2 aromatic rings. The van der Waals surface area contributed by atoms with Gasteiger partial charge in [0, 0.05) is 12.0 Å². The molecule has 3 rings (SSSR count). The van der Waals surface area contributed by atoms with Gasteiger partial charge in [-0.2, -0.15) is 0 Å². The van der Waals surface area contributed by atoms with Crippen LogP contribution in [-0.4, -0.2) is 18.9 Å². The summed E-state index contributed by atoms with van der Waals surface area (Å²) < 4.78 is 16.7. The van der Waals surface area contributed by atoms with Crippen molar-refractivity contribution in [3.63, 3.8) is 0 Å². The van der Waals surface area contributed by atoms with Crippen LogP contribution >= 0.6 is 0 Å². The molecule has 0 amide bonds. The predicted molar refractivity (Wildman–Crippen MR) is 96.4 cm³/mol. The first kappa shape index (κ1) is 18.2. The normalized spacial score (nSPS) is 18.3. The second-order valence-corrected chi connectivity index (χ2v) is 6.21. The summed E-state index contributed by atoms with van der Waals surface area (Å²) >= 11 is 0. The molecule has 1 aliphatic rings. The van der Waals surface area contributed by atoms with E-state index < -0.39 is 0 Å². The Kier molecular flexibility index (Phi) is 5.13. The number of anilines is 1. The lowest BCUT2D eigenvalue weighted by molar-refractivity contribution is 0.0880. The fourth-order valence-corrected chi connectivity index (χ4v) is 3.01. The van der Waals surface area contributed by atoms with Crippen molar-refractivity contribution in [2.24, 2.45) is 0 Å². The summed E-state index contributed by atoms with van der Waals surface area (Å²) in [5, 5.41) is 19.5. The van der Waals surface area contributed by atoms with Crippen LogP contribution in [0.4, 0.5) is 5.69 Å². The summed E-state index contributed by atoms with van der Waals surface area (Å²) in [6, 6.07) is 6.52. The number of benzene rings is 1. The minimum Gasteiger partial charge on any atom is -0.733 e. The number of rotatable bonds is 4. The second-order valence-electron chi connectivity index (χ2n) is 6.21. The van der Waals surface area contributed by atoms with Crippen molar-refractivity contribution < 1.29 is 19.1 Å². The quantitative estimate of drug-likeness (QED) is 0.836.